The van der Waals surface area contributed by atoms with Crippen molar-refractivity contribution in [3.8, 4) is 0 Å². The summed E-state index contributed by atoms with van der Waals surface area (Å²) < 4.78 is 4.81. The minimum absolute atomic E-state index is 0.0184. The Morgan fingerprint density at radius 1 is 1.07 bits per heavy atom. The van der Waals surface area contributed by atoms with Crippen molar-refractivity contribution in [3.63, 3.8) is 0 Å². The highest BCUT2D eigenvalue weighted by Crippen LogP contribution is 2.19. The van der Waals surface area contributed by atoms with Crippen LogP contribution < -0.4 is 10.6 Å². The standard InChI is InChI=1S/C23H27N3O4/c1-30-16-21(27)25-19-10-5-9-18(13-19)15-24-23(29)20-11-6-12-26(20)22(28)14-17-7-3-2-4-8-17/h2-5,7-10,13,20H,6,11-12,14-16H2,1H3,(H,24,29)(H,25,27). The summed E-state index contributed by atoms with van der Waals surface area (Å²) in [7, 11) is 1.46. The van der Waals surface area contributed by atoms with E-state index in [0.717, 1.165) is 17.5 Å². The molecule has 158 valence electrons. The van der Waals surface area contributed by atoms with E-state index in [2.05, 4.69) is 10.6 Å². The smallest absolute Gasteiger partial charge is 0.250 e. The zero-order valence-corrected chi connectivity index (χ0v) is 17.1. The molecule has 7 heteroatoms. The Bertz CT molecular complexity index is 885. The van der Waals surface area contributed by atoms with Crippen molar-refractivity contribution in [2.45, 2.75) is 31.8 Å². The number of hydrogen-bond donors (Lipinski definition) is 2. The molecule has 1 aliphatic rings. The first kappa shape index (κ1) is 21.5. The largest absolute Gasteiger partial charge is 0.375 e. The van der Waals surface area contributed by atoms with E-state index in [0.29, 0.717) is 31.6 Å². The number of benzene rings is 2. The molecule has 30 heavy (non-hydrogen) atoms. The maximum atomic E-state index is 12.7. The summed E-state index contributed by atoms with van der Waals surface area (Å²) in [5.41, 5.74) is 2.45. The molecule has 0 saturated carbocycles. The Balaban J connectivity index is 1.55. The highest BCUT2D eigenvalue weighted by Gasteiger charge is 2.33. The monoisotopic (exact) mass is 409 g/mol. The molecule has 1 unspecified atom stereocenters. The van der Waals surface area contributed by atoms with Gasteiger partial charge in [0.1, 0.15) is 12.6 Å². The zero-order valence-electron chi connectivity index (χ0n) is 17.1. The highest BCUT2D eigenvalue weighted by molar-refractivity contribution is 5.92. The molecule has 0 radical (unpaired) electrons. The van der Waals surface area contributed by atoms with Crippen LogP contribution in [0.5, 0.6) is 0 Å². The number of rotatable bonds is 8. The van der Waals surface area contributed by atoms with Gasteiger partial charge in [-0.05, 0) is 36.1 Å². The number of nitrogens with zero attached hydrogens (tertiary/aromatic N) is 1. The van der Waals surface area contributed by atoms with Crippen LogP contribution >= 0.6 is 0 Å². The van der Waals surface area contributed by atoms with E-state index in [9.17, 15) is 14.4 Å². The molecular weight excluding hydrogens is 382 g/mol. The van der Waals surface area contributed by atoms with Gasteiger partial charge in [0.2, 0.25) is 17.7 Å². The van der Waals surface area contributed by atoms with Gasteiger partial charge >= 0.3 is 0 Å². The van der Waals surface area contributed by atoms with Gasteiger partial charge in [-0.15, -0.1) is 0 Å². The highest BCUT2D eigenvalue weighted by atomic mass is 16.5. The molecule has 0 spiro atoms. The summed E-state index contributed by atoms with van der Waals surface area (Å²) in [4.78, 5) is 38.8. The Kier molecular flexibility index (Phi) is 7.57. The third-order valence-corrected chi connectivity index (χ3v) is 5.03. The van der Waals surface area contributed by atoms with Crippen molar-refractivity contribution in [3.05, 3.63) is 65.7 Å². The molecule has 3 rings (SSSR count). The van der Waals surface area contributed by atoms with Crippen molar-refractivity contribution in [1.82, 2.24) is 10.2 Å². The van der Waals surface area contributed by atoms with E-state index in [1.807, 2.05) is 42.5 Å². The molecule has 3 amide bonds. The quantitative estimate of drug-likeness (QED) is 0.699. The molecule has 0 aliphatic carbocycles. The average molecular weight is 409 g/mol. The second-order valence-corrected chi connectivity index (χ2v) is 7.31. The second kappa shape index (κ2) is 10.5. The molecular formula is C23H27N3O4. The maximum absolute atomic E-state index is 12.7. The van der Waals surface area contributed by atoms with Crippen molar-refractivity contribution >= 4 is 23.4 Å². The normalized spacial score (nSPS) is 15.6. The Hall–Kier alpha value is -3.19. The number of nitrogens with one attached hydrogen (secondary N) is 2. The Morgan fingerprint density at radius 2 is 1.83 bits per heavy atom. The van der Waals surface area contributed by atoms with Crippen molar-refractivity contribution < 1.29 is 19.1 Å². The van der Waals surface area contributed by atoms with E-state index in [4.69, 9.17) is 4.74 Å². The maximum Gasteiger partial charge on any atom is 0.250 e. The van der Waals surface area contributed by atoms with E-state index in [-0.39, 0.29) is 24.3 Å². The summed E-state index contributed by atoms with van der Waals surface area (Å²) in [6.07, 6.45) is 1.78. The van der Waals surface area contributed by atoms with Gasteiger partial charge in [0.25, 0.3) is 0 Å². The molecule has 1 saturated heterocycles. The third kappa shape index (κ3) is 5.90. The molecule has 1 heterocycles. The topological polar surface area (TPSA) is 87.7 Å². The predicted octanol–water partition coefficient (Wildman–Crippen LogP) is 2.12. The number of amides is 3. The molecule has 1 atom stereocenters. The third-order valence-electron chi connectivity index (χ3n) is 5.03. The number of carbonyl (C=O) groups excluding carboxylic acids is 3. The summed E-state index contributed by atoms with van der Waals surface area (Å²) in [5.74, 6) is -0.415. The van der Waals surface area contributed by atoms with E-state index in [1.54, 1.807) is 17.0 Å². The molecule has 2 aromatic rings. The second-order valence-electron chi connectivity index (χ2n) is 7.31. The van der Waals surface area contributed by atoms with Gasteiger partial charge in [0, 0.05) is 25.9 Å². The fourth-order valence-electron chi connectivity index (χ4n) is 3.60. The van der Waals surface area contributed by atoms with Crippen LogP contribution in [-0.4, -0.2) is 48.9 Å². The summed E-state index contributed by atoms with van der Waals surface area (Å²) in [6.45, 7) is 0.907. The van der Waals surface area contributed by atoms with E-state index < -0.39 is 6.04 Å². The number of ether oxygens (including phenoxy) is 1. The van der Waals surface area contributed by atoms with Crippen LogP contribution in [0.15, 0.2) is 54.6 Å². The lowest BCUT2D eigenvalue weighted by atomic mass is 10.1. The minimum atomic E-state index is -0.439. The van der Waals surface area contributed by atoms with Gasteiger partial charge in [0.05, 0.1) is 6.42 Å². The molecule has 1 fully saturated rings. The lowest BCUT2D eigenvalue weighted by molar-refractivity contribution is -0.138. The first-order valence-electron chi connectivity index (χ1n) is 10.1. The van der Waals surface area contributed by atoms with Gasteiger partial charge in [-0.1, -0.05) is 42.5 Å². The molecule has 2 N–H and O–H groups in total. The average Bonchev–Trinajstić information content (AvgIpc) is 3.23. The van der Waals surface area contributed by atoms with Crippen LogP contribution in [0.2, 0.25) is 0 Å². The number of carbonyl (C=O) groups is 3. The first-order chi connectivity index (χ1) is 14.6. The number of methoxy groups -OCH3 is 1. The van der Waals surface area contributed by atoms with E-state index >= 15 is 0 Å². The number of hydrogen-bond acceptors (Lipinski definition) is 4. The Labute approximate surface area is 176 Å². The van der Waals surface area contributed by atoms with Crippen molar-refractivity contribution in [1.29, 1.82) is 0 Å². The molecule has 1 aliphatic heterocycles. The SMILES string of the molecule is COCC(=O)Nc1cccc(CNC(=O)C2CCCN2C(=O)Cc2ccccc2)c1. The van der Waals surface area contributed by atoms with Crippen molar-refractivity contribution in [2.24, 2.45) is 0 Å². The van der Waals surface area contributed by atoms with Crippen LogP contribution in [0.1, 0.15) is 24.0 Å². The summed E-state index contributed by atoms with van der Waals surface area (Å²) >= 11 is 0. The van der Waals surface area contributed by atoms with Crippen LogP contribution in [0, 0.1) is 0 Å². The first-order valence-corrected chi connectivity index (χ1v) is 10.1. The van der Waals surface area contributed by atoms with Gasteiger partial charge in [0.15, 0.2) is 0 Å². The lowest BCUT2D eigenvalue weighted by Crippen LogP contribution is -2.46. The molecule has 2 aromatic carbocycles. The van der Waals surface area contributed by atoms with E-state index in [1.165, 1.54) is 7.11 Å². The van der Waals surface area contributed by atoms with Gasteiger partial charge in [-0.3, -0.25) is 14.4 Å². The Morgan fingerprint density at radius 3 is 2.60 bits per heavy atom. The van der Waals surface area contributed by atoms with Crippen LogP contribution in [0.4, 0.5) is 5.69 Å². The molecule has 0 bridgehead atoms. The molecule has 7 nitrogen and oxygen atoms in total. The van der Waals surface area contributed by atoms with Gasteiger partial charge in [-0.25, -0.2) is 0 Å². The zero-order chi connectivity index (χ0) is 21.3. The predicted molar refractivity (Wildman–Crippen MR) is 114 cm³/mol. The van der Waals surface area contributed by atoms with Crippen molar-refractivity contribution in [2.75, 3.05) is 25.6 Å². The fraction of sp³-hybridized carbons (Fsp3) is 0.348. The van der Waals surface area contributed by atoms with Gasteiger partial charge in [-0.2, -0.15) is 0 Å². The summed E-state index contributed by atoms with van der Waals surface area (Å²) in [5, 5.41) is 5.67. The van der Waals surface area contributed by atoms with Gasteiger partial charge < -0.3 is 20.3 Å². The molecule has 0 aromatic heterocycles. The van der Waals surface area contributed by atoms with Crippen LogP contribution in [0.25, 0.3) is 0 Å². The van der Waals surface area contributed by atoms with Crippen LogP contribution in [0.3, 0.4) is 0 Å². The number of anilines is 1. The number of likely N-dealkylation sites (tertiary alicyclic amines) is 1. The summed E-state index contributed by atoms with van der Waals surface area (Å²) in [6, 6.07) is 16.4. The van der Waals surface area contributed by atoms with Crippen LogP contribution in [-0.2, 0) is 32.1 Å². The minimum Gasteiger partial charge on any atom is -0.375 e. The lowest BCUT2D eigenvalue weighted by Gasteiger charge is -2.24. The fourth-order valence-corrected chi connectivity index (χ4v) is 3.60.